The molecule has 0 saturated carbocycles. The third kappa shape index (κ3) is 7.86. The van der Waals surface area contributed by atoms with Crippen LogP contribution in [0.3, 0.4) is 0 Å². The van der Waals surface area contributed by atoms with Gasteiger partial charge < -0.3 is 0 Å². The average molecular weight is 284 g/mol. The third-order valence-corrected chi connectivity index (χ3v) is 2.20. The molecular formula is C20H12O2. The Labute approximate surface area is 130 Å². The van der Waals surface area contributed by atoms with Crippen molar-refractivity contribution in [2.45, 2.75) is 13.8 Å². The summed E-state index contributed by atoms with van der Waals surface area (Å²) in [6.45, 7) is 3.54. The zero-order valence-corrected chi connectivity index (χ0v) is 12.3. The van der Waals surface area contributed by atoms with E-state index in [4.69, 9.17) is 0 Å². The van der Waals surface area contributed by atoms with Gasteiger partial charge in [-0.2, -0.15) is 0 Å². The summed E-state index contributed by atoms with van der Waals surface area (Å²) in [6.07, 6.45) is 9.12. The normalized spacial score (nSPS) is 21.9. The van der Waals surface area contributed by atoms with Crippen molar-refractivity contribution in [3.63, 3.8) is 0 Å². The Hall–Kier alpha value is -3.46. The quantitative estimate of drug-likeness (QED) is 0.504. The molecule has 0 aromatic rings. The van der Waals surface area contributed by atoms with Gasteiger partial charge in [-0.1, -0.05) is 36.1 Å². The van der Waals surface area contributed by atoms with Crippen LogP contribution in [0.1, 0.15) is 13.8 Å². The second-order valence-corrected chi connectivity index (χ2v) is 4.15. The summed E-state index contributed by atoms with van der Waals surface area (Å²) in [7, 11) is 0. The van der Waals surface area contributed by atoms with E-state index in [1.807, 2.05) is 0 Å². The van der Waals surface area contributed by atoms with E-state index >= 15 is 0 Å². The van der Waals surface area contributed by atoms with E-state index in [2.05, 4.69) is 47.4 Å². The highest BCUT2D eigenvalue weighted by Crippen LogP contribution is 1.91. The highest BCUT2D eigenvalue weighted by atomic mass is 16.1. The summed E-state index contributed by atoms with van der Waals surface area (Å²) in [5, 5.41) is 0. The molecule has 0 fully saturated rings. The molecule has 2 heteroatoms. The van der Waals surface area contributed by atoms with Gasteiger partial charge in [0.05, 0.1) is 0 Å². The molecule has 2 nitrogen and oxygen atoms in total. The standard InChI is InChI=1S/C20H12O2/c1-17-9-3-5-13-20(22)16-8-12-18(2)10-4-6-14-19(21)15-7-11-17/h7-8,11-12,15-16H,1-2H3/b15-7+,16-8+,17-11-,18-12-. The van der Waals surface area contributed by atoms with Crippen LogP contribution in [-0.2, 0) is 9.59 Å². The van der Waals surface area contributed by atoms with Crippen molar-refractivity contribution in [3.8, 4) is 47.4 Å². The topological polar surface area (TPSA) is 34.1 Å². The van der Waals surface area contributed by atoms with E-state index in [0.29, 0.717) is 11.1 Å². The van der Waals surface area contributed by atoms with E-state index in [0.717, 1.165) is 0 Å². The van der Waals surface area contributed by atoms with Gasteiger partial charge in [0.2, 0.25) is 11.6 Å². The van der Waals surface area contributed by atoms with Gasteiger partial charge in [0.1, 0.15) is 0 Å². The Balaban J connectivity index is 3.12. The molecule has 0 radical (unpaired) electrons. The summed E-state index contributed by atoms with van der Waals surface area (Å²) >= 11 is 0. The van der Waals surface area contributed by atoms with Crippen molar-refractivity contribution < 1.29 is 9.59 Å². The molecule has 0 bridgehead atoms. The SMILES string of the molecule is C/C1=C/C=C/C(=O)C#CC#C/C(C)=C\C=C\C(=O)C#CC#C1. The van der Waals surface area contributed by atoms with E-state index in [1.54, 1.807) is 38.2 Å². The summed E-state index contributed by atoms with van der Waals surface area (Å²) in [4.78, 5) is 22.8. The minimum Gasteiger partial charge on any atom is -0.280 e. The summed E-state index contributed by atoms with van der Waals surface area (Å²) in [6, 6.07) is 0. The van der Waals surface area contributed by atoms with Crippen LogP contribution in [0.4, 0.5) is 0 Å². The third-order valence-electron chi connectivity index (χ3n) is 2.20. The first-order chi connectivity index (χ1) is 10.6. The van der Waals surface area contributed by atoms with Gasteiger partial charge in [0, 0.05) is 0 Å². The zero-order chi connectivity index (χ0) is 16.2. The lowest BCUT2D eigenvalue weighted by molar-refractivity contribution is -0.110. The minimum atomic E-state index is -0.334. The second kappa shape index (κ2) is 9.44. The van der Waals surface area contributed by atoms with Crippen molar-refractivity contribution in [1.29, 1.82) is 0 Å². The van der Waals surface area contributed by atoms with E-state index < -0.39 is 0 Å². The minimum absolute atomic E-state index is 0.334. The van der Waals surface area contributed by atoms with Gasteiger partial charge in [0.25, 0.3) is 0 Å². The van der Waals surface area contributed by atoms with E-state index in [-0.39, 0.29) is 11.6 Å². The monoisotopic (exact) mass is 284 g/mol. The van der Waals surface area contributed by atoms with Crippen molar-refractivity contribution >= 4 is 11.6 Å². The Morgan fingerprint density at radius 1 is 0.636 bits per heavy atom. The lowest BCUT2D eigenvalue weighted by atomic mass is 10.2. The van der Waals surface area contributed by atoms with Crippen LogP contribution in [-0.4, -0.2) is 11.6 Å². The lowest BCUT2D eigenvalue weighted by Crippen LogP contribution is -1.85. The molecule has 0 atom stereocenters. The van der Waals surface area contributed by atoms with Crippen LogP contribution < -0.4 is 0 Å². The van der Waals surface area contributed by atoms with Gasteiger partial charge in [0.15, 0.2) is 0 Å². The van der Waals surface area contributed by atoms with Crippen molar-refractivity contribution in [2.24, 2.45) is 0 Å². The van der Waals surface area contributed by atoms with E-state index in [9.17, 15) is 9.59 Å². The molecule has 0 aliphatic heterocycles. The fourth-order valence-corrected chi connectivity index (χ4v) is 1.17. The Kier molecular flexibility index (Phi) is 7.12. The molecular weight excluding hydrogens is 272 g/mol. The van der Waals surface area contributed by atoms with Gasteiger partial charge >= 0.3 is 0 Å². The number of carbonyl (C=O) groups is 2. The Morgan fingerprint density at radius 2 is 1.00 bits per heavy atom. The zero-order valence-electron chi connectivity index (χ0n) is 12.3. The maximum Gasteiger partial charge on any atom is 0.229 e. The van der Waals surface area contributed by atoms with Gasteiger partial charge in [-0.05, 0) is 72.7 Å². The predicted octanol–water partition coefficient (Wildman–Crippen LogP) is 2.16. The van der Waals surface area contributed by atoms with Crippen molar-refractivity contribution in [2.75, 3.05) is 0 Å². The maximum absolute atomic E-state index is 11.4. The Bertz CT molecular complexity index is 770. The molecule has 0 aromatic carbocycles. The number of ketones is 2. The molecule has 0 aromatic heterocycles. The molecule has 0 amide bonds. The summed E-state index contributed by atoms with van der Waals surface area (Å²) in [5.41, 5.74) is 1.43. The lowest BCUT2D eigenvalue weighted by Gasteiger charge is -1.82. The van der Waals surface area contributed by atoms with Crippen LogP contribution in [0.5, 0.6) is 0 Å². The second-order valence-electron chi connectivity index (χ2n) is 4.15. The van der Waals surface area contributed by atoms with Crippen molar-refractivity contribution in [1.82, 2.24) is 0 Å². The molecule has 0 spiro atoms. The van der Waals surface area contributed by atoms with Gasteiger partial charge in [-0.25, -0.2) is 0 Å². The first-order valence-electron chi connectivity index (χ1n) is 6.40. The number of hydrogen-bond donors (Lipinski definition) is 0. The number of allylic oxidation sites excluding steroid dienone is 8. The first kappa shape index (κ1) is 16.6. The molecule has 0 heterocycles. The highest BCUT2D eigenvalue weighted by molar-refractivity contribution is 6.05. The molecule has 1 aliphatic rings. The van der Waals surface area contributed by atoms with Crippen LogP contribution in [0.25, 0.3) is 0 Å². The summed E-state index contributed by atoms with van der Waals surface area (Å²) in [5.74, 6) is 19.7. The Morgan fingerprint density at radius 3 is 1.41 bits per heavy atom. The van der Waals surface area contributed by atoms with Crippen LogP contribution >= 0.6 is 0 Å². The molecule has 104 valence electrons. The smallest absolute Gasteiger partial charge is 0.229 e. The summed E-state index contributed by atoms with van der Waals surface area (Å²) < 4.78 is 0. The molecule has 1 aliphatic carbocycles. The fourth-order valence-electron chi connectivity index (χ4n) is 1.17. The molecule has 22 heavy (non-hydrogen) atoms. The largest absolute Gasteiger partial charge is 0.280 e. The molecule has 0 saturated heterocycles. The number of hydrogen-bond acceptors (Lipinski definition) is 2. The number of carbonyl (C=O) groups excluding carboxylic acids is 2. The maximum atomic E-state index is 11.4. The van der Waals surface area contributed by atoms with E-state index in [1.165, 1.54) is 12.2 Å². The van der Waals surface area contributed by atoms with Crippen LogP contribution in [0.2, 0.25) is 0 Å². The van der Waals surface area contributed by atoms with Gasteiger partial charge in [-0.15, -0.1) is 0 Å². The number of rotatable bonds is 0. The molecule has 1 rings (SSSR count). The van der Waals surface area contributed by atoms with Crippen LogP contribution in [0, 0.1) is 47.4 Å². The van der Waals surface area contributed by atoms with Crippen molar-refractivity contribution in [3.05, 3.63) is 47.6 Å². The first-order valence-corrected chi connectivity index (χ1v) is 6.40. The average Bonchev–Trinajstić information content (AvgIpc) is 2.47. The fraction of sp³-hybridized carbons (Fsp3) is 0.100. The van der Waals surface area contributed by atoms with Crippen LogP contribution in [0.15, 0.2) is 47.6 Å². The highest BCUT2D eigenvalue weighted by Gasteiger charge is 1.87. The molecule has 0 unspecified atom stereocenters. The van der Waals surface area contributed by atoms with Gasteiger partial charge in [-0.3, -0.25) is 9.59 Å². The molecule has 0 N–H and O–H groups in total. The predicted molar refractivity (Wildman–Crippen MR) is 86.9 cm³/mol.